The molecule has 1 aliphatic heterocycles. The predicted octanol–water partition coefficient (Wildman–Crippen LogP) is 1.66. The Morgan fingerprint density at radius 2 is 2.00 bits per heavy atom. The van der Waals surface area contributed by atoms with Crippen LogP contribution < -0.4 is 10.2 Å². The number of carbonyl (C=O) groups is 1. The average molecular weight is 280 g/mol. The largest absolute Gasteiger partial charge is 0.444 e. The Balaban J connectivity index is 1.92. The van der Waals surface area contributed by atoms with Crippen molar-refractivity contribution in [2.45, 2.75) is 26.4 Å². The number of nitrogens with zero attached hydrogens (tertiary/aromatic N) is 3. The van der Waals surface area contributed by atoms with Crippen LogP contribution in [0.3, 0.4) is 0 Å². The number of nitrogens with one attached hydrogen (secondary N) is 1. The van der Waals surface area contributed by atoms with E-state index in [0.717, 1.165) is 18.9 Å². The van der Waals surface area contributed by atoms with Crippen molar-refractivity contribution >= 4 is 17.7 Å². The van der Waals surface area contributed by atoms with Gasteiger partial charge in [-0.25, -0.2) is 4.79 Å². The maximum atomic E-state index is 11.6. The summed E-state index contributed by atoms with van der Waals surface area (Å²) < 4.78 is 10.4. The lowest BCUT2D eigenvalue weighted by Gasteiger charge is -2.27. The highest BCUT2D eigenvalue weighted by molar-refractivity contribution is 5.83. The van der Waals surface area contributed by atoms with E-state index < -0.39 is 11.7 Å². The highest BCUT2D eigenvalue weighted by Gasteiger charge is 2.17. The highest BCUT2D eigenvalue weighted by atomic mass is 16.6. The fraction of sp³-hybridized carbons (Fsp3) is 0.615. The Morgan fingerprint density at radius 1 is 1.30 bits per heavy atom. The maximum Gasteiger partial charge on any atom is 0.413 e. The Hall–Kier alpha value is -1.89. The number of anilines is 2. The predicted molar refractivity (Wildman–Crippen MR) is 74.9 cm³/mol. The topological polar surface area (TPSA) is 76.6 Å². The number of morpholine rings is 1. The molecule has 0 aromatic carbocycles. The fourth-order valence-corrected chi connectivity index (χ4v) is 1.76. The zero-order chi connectivity index (χ0) is 14.6. The van der Waals surface area contributed by atoms with Crippen LogP contribution in [0.1, 0.15) is 20.8 Å². The second kappa shape index (κ2) is 6.04. The van der Waals surface area contributed by atoms with Crippen LogP contribution in [0.25, 0.3) is 0 Å². The molecule has 1 aliphatic rings. The van der Waals surface area contributed by atoms with E-state index in [1.54, 1.807) is 26.8 Å². The summed E-state index contributed by atoms with van der Waals surface area (Å²) in [6.07, 6.45) is -0.536. The van der Waals surface area contributed by atoms with Gasteiger partial charge in [-0.05, 0) is 32.9 Å². The van der Waals surface area contributed by atoms with Crippen LogP contribution in [0, 0.1) is 0 Å². The lowest BCUT2D eigenvalue weighted by atomic mass is 10.2. The highest BCUT2D eigenvalue weighted by Crippen LogP contribution is 2.14. The van der Waals surface area contributed by atoms with Crippen molar-refractivity contribution in [3.63, 3.8) is 0 Å². The number of hydrogen-bond donors (Lipinski definition) is 1. The summed E-state index contributed by atoms with van der Waals surface area (Å²) in [6.45, 7) is 8.40. The molecule has 2 rings (SSSR count). The van der Waals surface area contributed by atoms with Crippen molar-refractivity contribution in [3.8, 4) is 0 Å². The quantitative estimate of drug-likeness (QED) is 0.888. The molecule has 1 aromatic heterocycles. The minimum atomic E-state index is -0.536. The molecule has 0 saturated carbocycles. The van der Waals surface area contributed by atoms with Crippen LogP contribution >= 0.6 is 0 Å². The smallest absolute Gasteiger partial charge is 0.413 e. The molecule has 0 bridgehead atoms. The number of carbonyl (C=O) groups excluding carboxylic acids is 1. The first-order chi connectivity index (χ1) is 9.44. The standard InChI is InChI=1S/C13H20N4O3/c1-13(2,3)20-12(18)14-10-4-5-11(16-15-10)17-6-8-19-9-7-17/h4-5H,6-9H2,1-3H3,(H,14,15,18). The van der Waals surface area contributed by atoms with Gasteiger partial charge < -0.3 is 14.4 Å². The van der Waals surface area contributed by atoms with Gasteiger partial charge in [0.2, 0.25) is 0 Å². The van der Waals surface area contributed by atoms with Crippen LogP contribution in [0.2, 0.25) is 0 Å². The summed E-state index contributed by atoms with van der Waals surface area (Å²) in [5.41, 5.74) is -0.536. The Kier molecular flexibility index (Phi) is 4.39. The zero-order valence-electron chi connectivity index (χ0n) is 12.0. The van der Waals surface area contributed by atoms with Gasteiger partial charge in [0.05, 0.1) is 13.2 Å². The minimum Gasteiger partial charge on any atom is -0.444 e. The average Bonchev–Trinajstić information content (AvgIpc) is 2.38. The van der Waals surface area contributed by atoms with Crippen LogP contribution in [0.15, 0.2) is 12.1 Å². The molecule has 1 aromatic rings. The van der Waals surface area contributed by atoms with Gasteiger partial charge in [-0.3, -0.25) is 5.32 Å². The summed E-state index contributed by atoms with van der Waals surface area (Å²) in [5.74, 6) is 1.15. The summed E-state index contributed by atoms with van der Waals surface area (Å²) in [6, 6.07) is 3.53. The summed E-state index contributed by atoms with van der Waals surface area (Å²) in [7, 11) is 0. The number of amides is 1. The molecule has 7 nitrogen and oxygen atoms in total. The van der Waals surface area contributed by atoms with Crippen molar-refractivity contribution in [2.24, 2.45) is 0 Å². The number of rotatable bonds is 2. The summed E-state index contributed by atoms with van der Waals surface area (Å²) in [5, 5.41) is 10.6. The van der Waals surface area contributed by atoms with Crippen LogP contribution in [-0.2, 0) is 9.47 Å². The van der Waals surface area contributed by atoms with E-state index in [0.29, 0.717) is 19.0 Å². The number of ether oxygens (including phenoxy) is 2. The lowest BCUT2D eigenvalue weighted by Crippen LogP contribution is -2.36. The molecule has 1 saturated heterocycles. The first-order valence-corrected chi connectivity index (χ1v) is 6.60. The molecule has 0 atom stereocenters. The Labute approximate surface area is 118 Å². The van der Waals surface area contributed by atoms with E-state index >= 15 is 0 Å². The third-order valence-corrected chi connectivity index (χ3v) is 2.61. The van der Waals surface area contributed by atoms with E-state index in [4.69, 9.17) is 9.47 Å². The fourth-order valence-electron chi connectivity index (χ4n) is 1.76. The van der Waals surface area contributed by atoms with Gasteiger partial charge in [0.1, 0.15) is 5.60 Å². The number of hydrogen-bond acceptors (Lipinski definition) is 6. The second-order valence-electron chi connectivity index (χ2n) is 5.50. The van der Waals surface area contributed by atoms with Gasteiger partial charge in [0, 0.05) is 13.1 Å². The molecule has 0 unspecified atom stereocenters. The molecule has 110 valence electrons. The van der Waals surface area contributed by atoms with Crippen molar-refractivity contribution in [3.05, 3.63) is 12.1 Å². The molecular formula is C13H20N4O3. The number of aromatic nitrogens is 2. The monoisotopic (exact) mass is 280 g/mol. The molecule has 20 heavy (non-hydrogen) atoms. The summed E-state index contributed by atoms with van der Waals surface area (Å²) in [4.78, 5) is 13.7. The van der Waals surface area contributed by atoms with Gasteiger partial charge in [0.25, 0.3) is 0 Å². The lowest BCUT2D eigenvalue weighted by molar-refractivity contribution is 0.0635. The van der Waals surface area contributed by atoms with E-state index in [2.05, 4.69) is 20.4 Å². The molecule has 0 spiro atoms. The van der Waals surface area contributed by atoms with Crippen molar-refractivity contribution in [1.82, 2.24) is 10.2 Å². The molecular weight excluding hydrogens is 260 g/mol. The van der Waals surface area contributed by atoms with Crippen molar-refractivity contribution in [1.29, 1.82) is 0 Å². The van der Waals surface area contributed by atoms with E-state index in [9.17, 15) is 4.79 Å². The van der Waals surface area contributed by atoms with E-state index in [1.165, 1.54) is 0 Å². The SMILES string of the molecule is CC(C)(C)OC(=O)Nc1ccc(N2CCOCC2)nn1. The molecule has 1 N–H and O–H groups in total. The minimum absolute atomic E-state index is 0.372. The Morgan fingerprint density at radius 3 is 2.55 bits per heavy atom. The molecule has 0 radical (unpaired) electrons. The van der Waals surface area contributed by atoms with E-state index in [-0.39, 0.29) is 0 Å². The van der Waals surface area contributed by atoms with Crippen molar-refractivity contribution in [2.75, 3.05) is 36.5 Å². The zero-order valence-corrected chi connectivity index (χ0v) is 12.0. The third kappa shape index (κ3) is 4.34. The maximum absolute atomic E-state index is 11.6. The van der Waals surface area contributed by atoms with Crippen LogP contribution in [-0.4, -0.2) is 48.2 Å². The molecule has 0 aliphatic carbocycles. The van der Waals surface area contributed by atoms with Gasteiger partial charge in [-0.15, -0.1) is 10.2 Å². The summed E-state index contributed by atoms with van der Waals surface area (Å²) >= 11 is 0. The van der Waals surface area contributed by atoms with Gasteiger partial charge >= 0.3 is 6.09 Å². The normalized spacial score (nSPS) is 15.8. The van der Waals surface area contributed by atoms with Crippen molar-refractivity contribution < 1.29 is 14.3 Å². The van der Waals surface area contributed by atoms with Gasteiger partial charge in [-0.1, -0.05) is 0 Å². The molecule has 1 amide bonds. The molecule has 7 heteroatoms. The van der Waals surface area contributed by atoms with Gasteiger partial charge in [0.15, 0.2) is 11.6 Å². The molecule has 2 heterocycles. The van der Waals surface area contributed by atoms with Crippen LogP contribution in [0.5, 0.6) is 0 Å². The second-order valence-corrected chi connectivity index (χ2v) is 5.50. The Bertz CT molecular complexity index is 450. The molecule has 1 fully saturated rings. The first kappa shape index (κ1) is 14.5. The van der Waals surface area contributed by atoms with Crippen LogP contribution in [0.4, 0.5) is 16.4 Å². The third-order valence-electron chi connectivity index (χ3n) is 2.61. The van der Waals surface area contributed by atoms with Gasteiger partial charge in [-0.2, -0.15) is 0 Å². The van der Waals surface area contributed by atoms with E-state index in [1.807, 2.05) is 6.07 Å². The first-order valence-electron chi connectivity index (χ1n) is 6.60.